The lowest BCUT2D eigenvalue weighted by Gasteiger charge is -2.21. The van der Waals surface area contributed by atoms with E-state index >= 15 is 0 Å². The van der Waals surface area contributed by atoms with E-state index in [2.05, 4.69) is 77.1 Å². The van der Waals surface area contributed by atoms with Crippen LogP contribution in [0.25, 0.3) is 5.57 Å². The van der Waals surface area contributed by atoms with Crippen LogP contribution in [0.15, 0.2) is 48.1 Å². The zero-order valence-electron chi connectivity index (χ0n) is 11.0. The van der Waals surface area contributed by atoms with Crippen molar-refractivity contribution in [3.05, 3.63) is 53.6 Å². The van der Waals surface area contributed by atoms with Crippen LogP contribution in [0.5, 0.6) is 0 Å². The summed E-state index contributed by atoms with van der Waals surface area (Å²) in [6.07, 6.45) is 4.49. The Balaban J connectivity index is 3.02. The summed E-state index contributed by atoms with van der Waals surface area (Å²) in [6.45, 7) is 11.0. The summed E-state index contributed by atoms with van der Waals surface area (Å²) in [4.78, 5) is 0. The monoisotopic (exact) mass is 214 g/mol. The molecule has 0 aromatic heterocycles. The summed E-state index contributed by atoms with van der Waals surface area (Å²) in [5.41, 5.74) is 4.22. The van der Waals surface area contributed by atoms with Gasteiger partial charge < -0.3 is 0 Å². The number of allylic oxidation sites excluding steroid dienone is 4. The second-order valence-corrected chi connectivity index (χ2v) is 5.19. The van der Waals surface area contributed by atoms with Crippen molar-refractivity contribution in [2.24, 2.45) is 5.41 Å². The van der Waals surface area contributed by atoms with Crippen LogP contribution in [0.2, 0.25) is 0 Å². The van der Waals surface area contributed by atoms with E-state index in [1.54, 1.807) is 0 Å². The van der Waals surface area contributed by atoms with Gasteiger partial charge in [0, 0.05) is 0 Å². The van der Waals surface area contributed by atoms with Crippen LogP contribution < -0.4 is 0 Å². The predicted molar refractivity (Wildman–Crippen MR) is 73.3 cm³/mol. The van der Waals surface area contributed by atoms with Gasteiger partial charge in [0.05, 0.1) is 0 Å². The molecule has 0 radical (unpaired) electrons. The van der Waals surface area contributed by atoms with Crippen LogP contribution in [0, 0.1) is 5.41 Å². The summed E-state index contributed by atoms with van der Waals surface area (Å²) in [5, 5.41) is 0. The lowest BCUT2D eigenvalue weighted by Crippen LogP contribution is -2.07. The second-order valence-electron chi connectivity index (χ2n) is 5.19. The third kappa shape index (κ3) is 3.37. The van der Waals surface area contributed by atoms with Gasteiger partial charge in [-0.3, -0.25) is 0 Å². The Morgan fingerprint density at radius 3 is 2.06 bits per heavy atom. The number of rotatable bonds is 2. The van der Waals surface area contributed by atoms with E-state index in [-0.39, 0.29) is 5.41 Å². The molecule has 0 amide bonds. The Labute approximate surface area is 99.7 Å². The van der Waals surface area contributed by atoms with Gasteiger partial charge in [-0.2, -0.15) is 0 Å². The van der Waals surface area contributed by atoms with Gasteiger partial charge in [-0.15, -0.1) is 0 Å². The average Bonchev–Trinajstić information content (AvgIpc) is 2.25. The molecule has 0 saturated carbocycles. The molecule has 0 aliphatic heterocycles. The smallest absolute Gasteiger partial charge is 0.0135 e. The van der Waals surface area contributed by atoms with Gasteiger partial charge in [0.1, 0.15) is 0 Å². The first-order chi connectivity index (χ1) is 7.45. The Hall–Kier alpha value is -1.30. The minimum atomic E-state index is 0.213. The molecule has 0 atom stereocenters. The summed E-state index contributed by atoms with van der Waals surface area (Å²) in [5.74, 6) is 0. The molecular weight excluding hydrogens is 192 g/mol. The Bertz CT molecular complexity index is 386. The van der Waals surface area contributed by atoms with Gasteiger partial charge in [0.15, 0.2) is 0 Å². The van der Waals surface area contributed by atoms with Crippen LogP contribution in [0.1, 0.15) is 40.2 Å². The maximum absolute atomic E-state index is 2.29. The fraction of sp³-hybridized carbons (Fsp3) is 0.375. The Kier molecular flexibility index (Phi) is 4.12. The van der Waals surface area contributed by atoms with Crippen molar-refractivity contribution < 1.29 is 0 Å². The molecule has 0 N–H and O–H groups in total. The lowest BCUT2D eigenvalue weighted by molar-refractivity contribution is 0.516. The van der Waals surface area contributed by atoms with E-state index in [0.717, 1.165) is 0 Å². The zero-order valence-corrected chi connectivity index (χ0v) is 11.0. The maximum Gasteiger partial charge on any atom is -0.0135 e. The molecule has 0 unspecified atom stereocenters. The lowest BCUT2D eigenvalue weighted by atomic mass is 9.84. The summed E-state index contributed by atoms with van der Waals surface area (Å²) in [7, 11) is 0. The molecule has 0 aliphatic carbocycles. The first-order valence-corrected chi connectivity index (χ1v) is 5.85. The molecule has 1 rings (SSSR count). The van der Waals surface area contributed by atoms with Gasteiger partial charge in [0.25, 0.3) is 0 Å². The largest absolute Gasteiger partial charge is 0.0839 e. The minimum Gasteiger partial charge on any atom is -0.0839 e. The molecule has 0 heteroatoms. The predicted octanol–water partition coefficient (Wildman–Crippen LogP) is 5.08. The Morgan fingerprint density at radius 2 is 1.62 bits per heavy atom. The van der Waals surface area contributed by atoms with E-state index in [4.69, 9.17) is 0 Å². The molecule has 0 heterocycles. The molecular formula is C16H22. The fourth-order valence-corrected chi connectivity index (χ4v) is 1.75. The van der Waals surface area contributed by atoms with Crippen molar-refractivity contribution in [3.8, 4) is 0 Å². The standard InChI is InChI=1S/C16H22/c1-6-15(16(3,4)5)12-13(2)14-10-8-7-9-11-14/h6-12H,1-5H3/b13-12+,15-6+. The van der Waals surface area contributed by atoms with Gasteiger partial charge in [-0.1, -0.05) is 63.3 Å². The van der Waals surface area contributed by atoms with Crippen molar-refractivity contribution in [3.63, 3.8) is 0 Å². The van der Waals surface area contributed by atoms with Crippen LogP contribution in [-0.2, 0) is 0 Å². The molecule has 0 fully saturated rings. The third-order valence-electron chi connectivity index (χ3n) is 2.78. The summed E-state index contributed by atoms with van der Waals surface area (Å²) >= 11 is 0. The Morgan fingerprint density at radius 1 is 1.06 bits per heavy atom. The number of hydrogen-bond acceptors (Lipinski definition) is 0. The molecule has 16 heavy (non-hydrogen) atoms. The molecule has 0 aliphatic rings. The van der Waals surface area contributed by atoms with Crippen molar-refractivity contribution >= 4 is 5.57 Å². The molecule has 0 nitrogen and oxygen atoms in total. The molecule has 1 aromatic carbocycles. The number of benzene rings is 1. The quantitative estimate of drug-likeness (QED) is 0.602. The third-order valence-corrected chi connectivity index (χ3v) is 2.78. The van der Waals surface area contributed by atoms with E-state index in [1.807, 2.05) is 0 Å². The van der Waals surface area contributed by atoms with Crippen LogP contribution in [0.3, 0.4) is 0 Å². The normalized spacial score (nSPS) is 14.1. The van der Waals surface area contributed by atoms with E-state index in [1.165, 1.54) is 16.7 Å². The first-order valence-electron chi connectivity index (χ1n) is 5.85. The van der Waals surface area contributed by atoms with Crippen LogP contribution in [0.4, 0.5) is 0 Å². The van der Waals surface area contributed by atoms with Gasteiger partial charge in [-0.05, 0) is 36.0 Å². The number of hydrogen-bond donors (Lipinski definition) is 0. The van der Waals surface area contributed by atoms with Crippen molar-refractivity contribution in [2.45, 2.75) is 34.6 Å². The van der Waals surface area contributed by atoms with Gasteiger partial charge in [-0.25, -0.2) is 0 Å². The van der Waals surface area contributed by atoms with E-state index in [9.17, 15) is 0 Å². The molecule has 1 aromatic rings. The minimum absolute atomic E-state index is 0.213. The highest BCUT2D eigenvalue weighted by atomic mass is 14.2. The first kappa shape index (κ1) is 12.8. The van der Waals surface area contributed by atoms with Crippen molar-refractivity contribution in [1.29, 1.82) is 0 Å². The SMILES string of the molecule is C/C=C(\C=C(/C)c1ccccc1)C(C)(C)C. The summed E-state index contributed by atoms with van der Waals surface area (Å²) < 4.78 is 0. The maximum atomic E-state index is 2.29. The van der Waals surface area contributed by atoms with E-state index in [0.29, 0.717) is 0 Å². The fourth-order valence-electron chi connectivity index (χ4n) is 1.75. The highest BCUT2D eigenvalue weighted by Crippen LogP contribution is 2.28. The van der Waals surface area contributed by atoms with Crippen molar-refractivity contribution in [2.75, 3.05) is 0 Å². The molecule has 0 spiro atoms. The molecule has 0 saturated heterocycles. The van der Waals surface area contributed by atoms with Crippen molar-refractivity contribution in [1.82, 2.24) is 0 Å². The summed E-state index contributed by atoms with van der Waals surface area (Å²) in [6, 6.07) is 10.5. The van der Waals surface area contributed by atoms with Crippen LogP contribution >= 0.6 is 0 Å². The van der Waals surface area contributed by atoms with Crippen LogP contribution in [-0.4, -0.2) is 0 Å². The van der Waals surface area contributed by atoms with Gasteiger partial charge in [0.2, 0.25) is 0 Å². The average molecular weight is 214 g/mol. The highest BCUT2D eigenvalue weighted by molar-refractivity contribution is 5.66. The zero-order chi connectivity index (χ0) is 12.2. The molecule has 86 valence electrons. The van der Waals surface area contributed by atoms with E-state index < -0.39 is 0 Å². The van der Waals surface area contributed by atoms with Gasteiger partial charge >= 0.3 is 0 Å². The topological polar surface area (TPSA) is 0 Å². The highest BCUT2D eigenvalue weighted by Gasteiger charge is 2.14. The second kappa shape index (κ2) is 5.16. The molecule has 0 bridgehead atoms.